The maximum Gasteiger partial charge on any atom is 0.343 e. The first-order chi connectivity index (χ1) is 8.63. The zero-order chi connectivity index (χ0) is 12.9. The predicted octanol–water partition coefficient (Wildman–Crippen LogP) is 2.29. The van der Waals surface area contributed by atoms with Crippen molar-refractivity contribution in [1.29, 1.82) is 0 Å². The topological polar surface area (TPSA) is 44.8 Å². The lowest BCUT2D eigenvalue weighted by molar-refractivity contribution is -0.133. The number of cyclic esters (lactones) is 1. The molecule has 0 aromatic rings. The summed E-state index contributed by atoms with van der Waals surface area (Å²) in [4.78, 5) is 11.6. The minimum atomic E-state index is -0.349. The molecule has 18 heavy (non-hydrogen) atoms. The largest absolute Gasteiger partial charge is 0.492 e. The maximum absolute atomic E-state index is 11.6. The number of carbonyl (C=O) groups excluding carboxylic acids is 1. The van der Waals surface area contributed by atoms with E-state index in [1.807, 2.05) is 0 Å². The van der Waals surface area contributed by atoms with Crippen LogP contribution in [0.5, 0.6) is 0 Å². The highest BCUT2D eigenvalue weighted by molar-refractivity contribution is 5.93. The first-order valence-corrected chi connectivity index (χ1v) is 6.18. The molecule has 0 unspecified atom stereocenters. The van der Waals surface area contributed by atoms with E-state index in [4.69, 9.17) is 14.2 Å². The Morgan fingerprint density at radius 2 is 2.22 bits per heavy atom. The Hall–Kier alpha value is -1.71. The van der Waals surface area contributed by atoms with Crippen LogP contribution in [-0.2, 0) is 19.0 Å². The third-order valence-corrected chi connectivity index (χ3v) is 3.90. The van der Waals surface area contributed by atoms with Gasteiger partial charge in [-0.15, -0.1) is 0 Å². The lowest BCUT2D eigenvalue weighted by Gasteiger charge is -2.11. The van der Waals surface area contributed by atoms with E-state index in [2.05, 4.69) is 19.1 Å². The average Bonchev–Trinajstić information content (AvgIpc) is 2.98. The first-order valence-electron chi connectivity index (χ1n) is 6.18. The van der Waals surface area contributed by atoms with Gasteiger partial charge in [-0.3, -0.25) is 0 Å². The zero-order valence-corrected chi connectivity index (χ0v) is 10.7. The van der Waals surface area contributed by atoms with Gasteiger partial charge in [-0.25, -0.2) is 4.79 Å². The summed E-state index contributed by atoms with van der Waals surface area (Å²) in [6, 6.07) is 0. The molecular weight excluding hydrogens is 232 g/mol. The van der Waals surface area contributed by atoms with Gasteiger partial charge in [0.25, 0.3) is 0 Å². The van der Waals surface area contributed by atoms with Gasteiger partial charge in [0.15, 0.2) is 5.76 Å². The molecule has 4 nitrogen and oxygen atoms in total. The third-order valence-electron chi connectivity index (χ3n) is 3.90. The monoisotopic (exact) mass is 248 g/mol. The van der Waals surface area contributed by atoms with E-state index < -0.39 is 0 Å². The van der Waals surface area contributed by atoms with E-state index >= 15 is 0 Å². The molecule has 3 rings (SSSR count). The summed E-state index contributed by atoms with van der Waals surface area (Å²) < 4.78 is 16.5. The second-order valence-electron chi connectivity index (χ2n) is 4.93. The molecule has 96 valence electrons. The number of esters is 1. The lowest BCUT2D eigenvalue weighted by Crippen LogP contribution is -2.11. The molecule has 0 aromatic heterocycles. The van der Waals surface area contributed by atoms with Crippen LogP contribution in [0.4, 0.5) is 0 Å². The molecule has 0 aromatic carbocycles. The summed E-state index contributed by atoms with van der Waals surface area (Å²) in [6.45, 7) is 3.80. The van der Waals surface area contributed by atoms with Crippen molar-refractivity contribution < 1.29 is 19.0 Å². The molecule has 0 amide bonds. The zero-order valence-electron chi connectivity index (χ0n) is 10.7. The Bertz CT molecular complexity index is 498. The normalized spacial score (nSPS) is 37.9. The summed E-state index contributed by atoms with van der Waals surface area (Å²) in [5.41, 5.74) is 0.503. The van der Waals surface area contributed by atoms with Crippen LogP contribution in [-0.4, -0.2) is 19.2 Å². The molecule has 0 saturated carbocycles. The van der Waals surface area contributed by atoms with Crippen LogP contribution < -0.4 is 0 Å². The molecule has 0 bridgehead atoms. The molecule has 1 aliphatic carbocycles. The molecule has 0 spiro atoms. The van der Waals surface area contributed by atoms with Crippen molar-refractivity contribution in [3.8, 4) is 0 Å². The van der Waals surface area contributed by atoms with Crippen LogP contribution in [0.1, 0.15) is 20.3 Å². The van der Waals surface area contributed by atoms with Gasteiger partial charge in [0.05, 0.1) is 12.7 Å². The SMILES string of the molecule is COC1=C(C)C(=O)O/C1=C1\O[C@H]2CC=C[C@H]2[C@@H]1C. The van der Waals surface area contributed by atoms with Crippen LogP contribution in [0.2, 0.25) is 0 Å². The lowest BCUT2D eigenvalue weighted by atomic mass is 9.93. The van der Waals surface area contributed by atoms with Crippen LogP contribution in [0.25, 0.3) is 0 Å². The van der Waals surface area contributed by atoms with Crippen molar-refractivity contribution in [2.75, 3.05) is 7.11 Å². The van der Waals surface area contributed by atoms with E-state index in [0.29, 0.717) is 23.0 Å². The molecule has 1 fully saturated rings. The Balaban J connectivity index is 2.02. The molecule has 3 aliphatic rings. The van der Waals surface area contributed by atoms with E-state index in [1.165, 1.54) is 0 Å². The molecular formula is C14H16O4. The highest BCUT2D eigenvalue weighted by Gasteiger charge is 2.44. The fourth-order valence-corrected chi connectivity index (χ4v) is 2.86. The van der Waals surface area contributed by atoms with E-state index in [0.717, 1.165) is 12.2 Å². The fraction of sp³-hybridized carbons (Fsp3) is 0.500. The van der Waals surface area contributed by atoms with Crippen LogP contribution >= 0.6 is 0 Å². The summed E-state index contributed by atoms with van der Waals surface area (Å²) in [5.74, 6) is 1.97. The molecule has 2 heterocycles. The number of hydrogen-bond acceptors (Lipinski definition) is 4. The number of rotatable bonds is 1. The Labute approximate surface area is 106 Å². The van der Waals surface area contributed by atoms with E-state index in [-0.39, 0.29) is 18.0 Å². The van der Waals surface area contributed by atoms with Gasteiger partial charge in [-0.05, 0) is 6.92 Å². The smallest absolute Gasteiger partial charge is 0.343 e. The maximum atomic E-state index is 11.6. The van der Waals surface area contributed by atoms with Gasteiger partial charge >= 0.3 is 5.97 Å². The minimum absolute atomic E-state index is 0.181. The summed E-state index contributed by atoms with van der Waals surface area (Å²) in [6.07, 6.45) is 5.43. The van der Waals surface area contributed by atoms with Crippen molar-refractivity contribution in [3.63, 3.8) is 0 Å². The molecule has 2 aliphatic heterocycles. The van der Waals surface area contributed by atoms with Gasteiger partial charge in [-0.2, -0.15) is 0 Å². The second-order valence-corrected chi connectivity index (χ2v) is 4.93. The Morgan fingerprint density at radius 3 is 2.89 bits per heavy atom. The Morgan fingerprint density at radius 1 is 1.44 bits per heavy atom. The summed E-state index contributed by atoms with van der Waals surface area (Å²) >= 11 is 0. The molecule has 1 saturated heterocycles. The average molecular weight is 248 g/mol. The number of allylic oxidation sites excluding steroid dienone is 1. The number of carbonyl (C=O) groups is 1. The van der Waals surface area contributed by atoms with Gasteiger partial charge in [0.1, 0.15) is 11.9 Å². The van der Waals surface area contributed by atoms with Crippen LogP contribution in [0, 0.1) is 11.8 Å². The van der Waals surface area contributed by atoms with E-state index in [1.54, 1.807) is 14.0 Å². The number of ether oxygens (including phenoxy) is 3. The van der Waals surface area contributed by atoms with Crippen LogP contribution in [0.15, 0.2) is 35.0 Å². The minimum Gasteiger partial charge on any atom is -0.492 e. The standard InChI is InChI=1S/C14H16O4/c1-7-9-5-4-6-10(9)17-12(7)13-11(16-3)8(2)14(15)18-13/h4-5,7,9-10H,6H2,1-3H3/b13-12-/t7-,9-,10-/m0/s1. The third kappa shape index (κ3) is 1.41. The molecule has 4 heteroatoms. The fourth-order valence-electron chi connectivity index (χ4n) is 2.86. The molecule has 0 radical (unpaired) electrons. The van der Waals surface area contributed by atoms with Crippen molar-refractivity contribution in [2.24, 2.45) is 11.8 Å². The first kappa shape index (κ1) is 11.4. The number of methoxy groups -OCH3 is 1. The van der Waals surface area contributed by atoms with Gasteiger partial charge in [0.2, 0.25) is 5.76 Å². The second kappa shape index (κ2) is 3.90. The van der Waals surface area contributed by atoms with Crippen molar-refractivity contribution >= 4 is 5.97 Å². The number of hydrogen-bond donors (Lipinski definition) is 0. The van der Waals surface area contributed by atoms with Gasteiger partial charge in [-0.1, -0.05) is 19.1 Å². The Kier molecular flexibility index (Phi) is 2.47. The molecule has 0 N–H and O–H groups in total. The van der Waals surface area contributed by atoms with Crippen molar-refractivity contribution in [3.05, 3.63) is 35.0 Å². The van der Waals surface area contributed by atoms with Gasteiger partial charge in [0, 0.05) is 18.3 Å². The number of fused-ring (bicyclic) bond motifs is 1. The summed E-state index contributed by atoms with van der Waals surface area (Å²) in [7, 11) is 1.54. The van der Waals surface area contributed by atoms with Crippen molar-refractivity contribution in [2.45, 2.75) is 26.4 Å². The van der Waals surface area contributed by atoms with Gasteiger partial charge < -0.3 is 14.2 Å². The highest BCUT2D eigenvalue weighted by Crippen LogP contribution is 2.45. The van der Waals surface area contributed by atoms with Crippen LogP contribution in [0.3, 0.4) is 0 Å². The highest BCUT2D eigenvalue weighted by atomic mass is 16.6. The summed E-state index contributed by atoms with van der Waals surface area (Å²) in [5, 5.41) is 0. The molecule has 3 atom stereocenters. The predicted molar refractivity (Wildman–Crippen MR) is 64.1 cm³/mol. The quantitative estimate of drug-likeness (QED) is 0.527. The van der Waals surface area contributed by atoms with E-state index in [9.17, 15) is 4.79 Å². The van der Waals surface area contributed by atoms with Crippen molar-refractivity contribution in [1.82, 2.24) is 0 Å².